The quantitative estimate of drug-likeness (QED) is 0.221. The molecule has 2 aliphatic rings. The standard InChI is InChI=1S/C37H39FN8O2/c1-5-8-24(34-29(19-37(3)13-14-37)43-45(4)30(34)20-39)12-15-46-31(21-40)35-25-17-33(36(41)42-22-25)48-23(2)27-18-26(38)10-11-32(27)47-16-7-6-9-28(35)44-46/h5,8,10-12,17-18,22-23H,6-7,9,13-16,19H2,1-4H3,(H2,41,42). The lowest BCUT2D eigenvalue weighted by Crippen LogP contribution is -2.10. The van der Waals surface area contributed by atoms with E-state index in [0.29, 0.717) is 59.1 Å². The molecular formula is C37H39FN8O2. The largest absolute Gasteiger partial charge is 0.493 e. The van der Waals surface area contributed by atoms with Crippen molar-refractivity contribution in [2.75, 3.05) is 12.3 Å². The molecule has 1 fully saturated rings. The van der Waals surface area contributed by atoms with Gasteiger partial charge in [-0.05, 0) is 87.6 Å². The number of hydrogen-bond donors (Lipinski definition) is 1. The van der Waals surface area contributed by atoms with Crippen LogP contribution < -0.4 is 15.2 Å². The number of allylic oxidation sites excluding steroid dienone is 4. The van der Waals surface area contributed by atoms with E-state index >= 15 is 0 Å². The SMILES string of the molecule is CC=CC(=CCn1nc2c(c1C#N)-c1cnc(N)c(c1)OC(C)c1cc(F)ccc1OCCCC2)c1c(CC2(C)CC2)nn(C)c1C#N. The molecular weight excluding hydrogens is 607 g/mol. The van der Waals surface area contributed by atoms with Crippen LogP contribution in [0, 0.1) is 33.9 Å². The third-order valence-electron chi connectivity index (χ3n) is 9.12. The number of benzene rings is 1. The molecule has 0 saturated heterocycles. The summed E-state index contributed by atoms with van der Waals surface area (Å²) in [7, 11) is 1.80. The zero-order chi connectivity index (χ0) is 34.0. The second-order valence-corrected chi connectivity index (χ2v) is 12.9. The van der Waals surface area contributed by atoms with Crippen LogP contribution in [-0.2, 0) is 26.4 Å². The van der Waals surface area contributed by atoms with Crippen molar-refractivity contribution in [3.63, 3.8) is 0 Å². The molecule has 2 bridgehead atoms. The molecule has 0 spiro atoms. The van der Waals surface area contributed by atoms with Gasteiger partial charge in [0, 0.05) is 35.5 Å². The van der Waals surface area contributed by atoms with Crippen molar-refractivity contribution in [3.05, 3.63) is 88.4 Å². The first-order chi connectivity index (χ1) is 23.1. The van der Waals surface area contributed by atoms with Crippen molar-refractivity contribution in [2.45, 2.75) is 71.9 Å². The number of aryl methyl sites for hydroxylation is 2. The highest BCUT2D eigenvalue weighted by atomic mass is 19.1. The minimum absolute atomic E-state index is 0.170. The molecule has 0 radical (unpaired) electrons. The lowest BCUT2D eigenvalue weighted by Gasteiger charge is -2.20. The van der Waals surface area contributed by atoms with Crippen LogP contribution in [0.5, 0.6) is 11.5 Å². The highest BCUT2D eigenvalue weighted by molar-refractivity contribution is 5.79. The zero-order valence-corrected chi connectivity index (χ0v) is 27.8. The Morgan fingerprint density at radius 2 is 1.94 bits per heavy atom. The number of pyridine rings is 1. The topological polar surface area (TPSA) is 141 Å². The number of ether oxygens (including phenoxy) is 2. The average Bonchev–Trinajstić information content (AvgIpc) is 3.56. The molecule has 48 heavy (non-hydrogen) atoms. The fourth-order valence-corrected chi connectivity index (χ4v) is 6.27. The molecule has 1 unspecified atom stereocenters. The summed E-state index contributed by atoms with van der Waals surface area (Å²) in [5.41, 5.74) is 12.5. The lowest BCUT2D eigenvalue weighted by atomic mass is 9.95. The number of rotatable bonds is 6. The van der Waals surface area contributed by atoms with Gasteiger partial charge in [-0.15, -0.1) is 0 Å². The van der Waals surface area contributed by atoms with Crippen molar-refractivity contribution in [3.8, 4) is 34.8 Å². The average molecular weight is 647 g/mol. The first-order valence-electron chi connectivity index (χ1n) is 16.3. The summed E-state index contributed by atoms with van der Waals surface area (Å²) < 4.78 is 29.9. The summed E-state index contributed by atoms with van der Waals surface area (Å²) in [6.45, 7) is 6.70. The van der Waals surface area contributed by atoms with Gasteiger partial charge in [-0.2, -0.15) is 20.7 Å². The van der Waals surface area contributed by atoms with E-state index in [1.165, 1.54) is 12.1 Å². The summed E-state index contributed by atoms with van der Waals surface area (Å²) >= 11 is 0. The Labute approximate surface area is 279 Å². The second kappa shape index (κ2) is 13.4. The Morgan fingerprint density at radius 3 is 2.67 bits per heavy atom. The number of halogens is 1. The maximum absolute atomic E-state index is 14.3. The molecule has 1 aliphatic carbocycles. The number of hydrogen-bond acceptors (Lipinski definition) is 8. The monoisotopic (exact) mass is 646 g/mol. The van der Waals surface area contributed by atoms with E-state index in [4.69, 9.17) is 25.4 Å². The Balaban J connectivity index is 1.41. The van der Waals surface area contributed by atoms with Crippen molar-refractivity contribution in [2.24, 2.45) is 12.5 Å². The highest BCUT2D eigenvalue weighted by Gasteiger charge is 2.39. The molecule has 1 atom stereocenters. The Kier molecular flexibility index (Phi) is 9.05. The van der Waals surface area contributed by atoms with Gasteiger partial charge < -0.3 is 15.2 Å². The van der Waals surface area contributed by atoms with Crippen LogP contribution in [0.1, 0.15) is 86.5 Å². The normalized spacial score (nSPS) is 17.3. The van der Waals surface area contributed by atoms with Gasteiger partial charge in [0.1, 0.15) is 41.2 Å². The van der Waals surface area contributed by atoms with Crippen LogP contribution >= 0.6 is 0 Å². The molecule has 6 rings (SSSR count). The number of nitrogen functional groups attached to an aromatic ring is 1. The van der Waals surface area contributed by atoms with Gasteiger partial charge in [-0.25, -0.2) is 9.37 Å². The first-order valence-corrected chi connectivity index (χ1v) is 16.3. The van der Waals surface area contributed by atoms with E-state index in [-0.39, 0.29) is 11.2 Å². The number of anilines is 1. The molecule has 3 aromatic heterocycles. The predicted molar refractivity (Wildman–Crippen MR) is 180 cm³/mol. The van der Waals surface area contributed by atoms with Gasteiger partial charge in [0.15, 0.2) is 11.6 Å². The molecule has 4 heterocycles. The van der Waals surface area contributed by atoms with Crippen LogP contribution in [0.3, 0.4) is 0 Å². The van der Waals surface area contributed by atoms with Crippen LogP contribution in [0.15, 0.2) is 48.7 Å². The van der Waals surface area contributed by atoms with Gasteiger partial charge in [0.05, 0.1) is 24.5 Å². The third-order valence-corrected chi connectivity index (χ3v) is 9.12. The number of nitrogens with two attached hydrogens (primary N) is 1. The number of nitriles is 2. The molecule has 246 valence electrons. The number of aromatic nitrogens is 5. The fourth-order valence-electron chi connectivity index (χ4n) is 6.27. The minimum Gasteiger partial charge on any atom is -0.493 e. The molecule has 4 aromatic rings. The smallest absolute Gasteiger partial charge is 0.166 e. The van der Waals surface area contributed by atoms with Gasteiger partial charge in [0.2, 0.25) is 0 Å². The van der Waals surface area contributed by atoms with Crippen molar-refractivity contribution < 1.29 is 13.9 Å². The van der Waals surface area contributed by atoms with Crippen molar-refractivity contribution in [1.29, 1.82) is 10.5 Å². The Morgan fingerprint density at radius 1 is 1.15 bits per heavy atom. The summed E-state index contributed by atoms with van der Waals surface area (Å²) in [4.78, 5) is 4.41. The maximum Gasteiger partial charge on any atom is 0.166 e. The van der Waals surface area contributed by atoms with Crippen LogP contribution in [0.25, 0.3) is 16.7 Å². The van der Waals surface area contributed by atoms with Gasteiger partial charge >= 0.3 is 0 Å². The predicted octanol–water partition coefficient (Wildman–Crippen LogP) is 7.00. The minimum atomic E-state index is -0.594. The molecule has 0 amide bonds. The fraction of sp³-hybridized carbons (Fsp3) is 0.378. The number of fused-ring (bicyclic) bond motifs is 5. The highest BCUT2D eigenvalue weighted by Crippen LogP contribution is 2.48. The summed E-state index contributed by atoms with van der Waals surface area (Å²) in [6.07, 6.45) is 12.1. The van der Waals surface area contributed by atoms with Crippen LogP contribution in [0.4, 0.5) is 10.2 Å². The van der Waals surface area contributed by atoms with Crippen molar-refractivity contribution >= 4 is 11.4 Å². The van der Waals surface area contributed by atoms with E-state index in [1.807, 2.05) is 25.2 Å². The third kappa shape index (κ3) is 6.54. The molecule has 10 nitrogen and oxygen atoms in total. The Bertz CT molecular complexity index is 2000. The Hall–Kier alpha value is -5.42. The first kappa shape index (κ1) is 32.5. The van der Waals surface area contributed by atoms with Gasteiger partial charge in [-0.1, -0.05) is 25.2 Å². The van der Waals surface area contributed by atoms with Crippen molar-refractivity contribution in [1.82, 2.24) is 24.5 Å². The van der Waals surface area contributed by atoms with E-state index in [9.17, 15) is 14.9 Å². The second-order valence-electron chi connectivity index (χ2n) is 12.9. The van der Waals surface area contributed by atoms with E-state index in [2.05, 4.69) is 24.0 Å². The molecule has 2 N–H and O–H groups in total. The molecule has 1 saturated carbocycles. The van der Waals surface area contributed by atoms with E-state index in [0.717, 1.165) is 54.6 Å². The molecule has 1 aromatic carbocycles. The maximum atomic E-state index is 14.3. The van der Waals surface area contributed by atoms with Gasteiger partial charge in [-0.3, -0.25) is 9.36 Å². The zero-order valence-electron chi connectivity index (χ0n) is 27.8. The molecule has 11 heteroatoms. The molecule has 1 aliphatic heterocycles. The van der Waals surface area contributed by atoms with Gasteiger partial charge in [0.25, 0.3) is 0 Å². The summed E-state index contributed by atoms with van der Waals surface area (Å²) in [6, 6.07) is 10.9. The van der Waals surface area contributed by atoms with Crippen LogP contribution in [0.2, 0.25) is 0 Å². The van der Waals surface area contributed by atoms with E-state index < -0.39 is 11.9 Å². The lowest BCUT2D eigenvalue weighted by molar-refractivity contribution is 0.216. The van der Waals surface area contributed by atoms with E-state index in [1.54, 1.807) is 41.7 Å². The number of nitrogens with zero attached hydrogens (tertiary/aromatic N) is 7. The summed E-state index contributed by atoms with van der Waals surface area (Å²) in [5.74, 6) is 0.634. The van der Waals surface area contributed by atoms with Crippen LogP contribution in [-0.4, -0.2) is 31.2 Å². The summed E-state index contributed by atoms with van der Waals surface area (Å²) in [5, 5.41) is 30.3.